The van der Waals surface area contributed by atoms with Gasteiger partial charge in [0, 0.05) is 37.0 Å². The van der Waals surface area contributed by atoms with Gasteiger partial charge in [-0.2, -0.15) is 5.10 Å². The Balaban J connectivity index is 1.83. The van der Waals surface area contributed by atoms with E-state index in [0.29, 0.717) is 6.42 Å². The fraction of sp³-hybridized carbons (Fsp3) is 0.455. The van der Waals surface area contributed by atoms with Gasteiger partial charge in [0.15, 0.2) is 0 Å². The van der Waals surface area contributed by atoms with E-state index >= 15 is 0 Å². The van der Waals surface area contributed by atoms with Crippen LogP contribution in [0, 0.1) is 6.92 Å². The maximum Gasteiger partial charge on any atom is 0.257 e. The lowest BCUT2D eigenvalue weighted by Crippen LogP contribution is -2.31. The number of benzene rings is 1. The quantitative estimate of drug-likeness (QED) is 0.470. The second kappa shape index (κ2) is 9.55. The van der Waals surface area contributed by atoms with Gasteiger partial charge in [-0.3, -0.25) is 9.48 Å². The smallest absolute Gasteiger partial charge is 0.257 e. The first-order valence-corrected chi connectivity index (χ1v) is 12.1. The first-order chi connectivity index (χ1) is 14.8. The zero-order valence-electron chi connectivity index (χ0n) is 18.5. The summed E-state index contributed by atoms with van der Waals surface area (Å²) in [7, 11) is -0.137. The van der Waals surface area contributed by atoms with Gasteiger partial charge in [-0.1, -0.05) is 25.8 Å². The van der Waals surface area contributed by atoms with Crippen LogP contribution in [0.3, 0.4) is 0 Å². The minimum absolute atomic E-state index is 0.0516. The van der Waals surface area contributed by atoms with E-state index in [0.717, 1.165) is 54.3 Å². The Morgan fingerprint density at radius 2 is 2.10 bits per heavy atom. The number of aryl methyl sites for hydroxylation is 2. The van der Waals surface area contributed by atoms with E-state index in [-0.39, 0.29) is 5.75 Å². The number of fused-ring (bicyclic) bond motifs is 1. The molecule has 2 aromatic rings. The molecule has 1 amide bonds. The molecule has 1 aliphatic rings. The lowest BCUT2D eigenvalue weighted by Gasteiger charge is -2.21. The maximum absolute atomic E-state index is 12.3. The van der Waals surface area contributed by atoms with E-state index in [1.54, 1.807) is 17.9 Å². The first kappa shape index (κ1) is 22.9. The maximum atomic E-state index is 12.3. The molecule has 9 heteroatoms. The van der Waals surface area contributed by atoms with E-state index in [1.165, 1.54) is 11.6 Å². The highest BCUT2D eigenvalue weighted by molar-refractivity contribution is 7.90. The molecule has 1 N–H and O–H groups in total. The van der Waals surface area contributed by atoms with Gasteiger partial charge in [-0.05, 0) is 37.5 Å². The predicted molar refractivity (Wildman–Crippen MR) is 122 cm³/mol. The number of nitrogens with one attached hydrogen (secondary N) is 1. The molecule has 0 radical (unpaired) electrons. The molecule has 0 saturated carbocycles. The van der Waals surface area contributed by atoms with Crippen molar-refractivity contribution in [2.45, 2.75) is 39.5 Å². The van der Waals surface area contributed by atoms with Crippen molar-refractivity contribution in [3.8, 4) is 5.75 Å². The lowest BCUT2D eigenvalue weighted by molar-refractivity contribution is -0.114. The highest BCUT2D eigenvalue weighted by Gasteiger charge is 2.26. The molecule has 1 aromatic heterocycles. The summed E-state index contributed by atoms with van der Waals surface area (Å²) in [5, 5.41) is 4.52. The van der Waals surface area contributed by atoms with Gasteiger partial charge in [-0.15, -0.1) is 0 Å². The zero-order chi connectivity index (χ0) is 22.6. The number of nitrogens with zero attached hydrogens (tertiary/aromatic N) is 3. The van der Waals surface area contributed by atoms with E-state index in [1.807, 2.05) is 33.0 Å². The molecule has 3 rings (SSSR count). The van der Waals surface area contributed by atoms with Crippen LogP contribution in [0.5, 0.6) is 5.75 Å². The summed E-state index contributed by atoms with van der Waals surface area (Å²) in [6.07, 6.45) is 6.04. The Kier molecular flexibility index (Phi) is 7.04. The van der Waals surface area contributed by atoms with Crippen molar-refractivity contribution in [2.75, 3.05) is 24.3 Å². The van der Waals surface area contributed by atoms with Crippen LogP contribution in [0.1, 0.15) is 43.0 Å². The van der Waals surface area contributed by atoms with E-state index in [9.17, 15) is 13.2 Å². The van der Waals surface area contributed by atoms with Gasteiger partial charge in [0.05, 0.1) is 18.6 Å². The highest BCUT2D eigenvalue weighted by Crippen LogP contribution is 2.39. The third-order valence-electron chi connectivity index (χ3n) is 5.35. The Morgan fingerprint density at radius 1 is 1.32 bits per heavy atom. The number of hydrogen-bond acceptors (Lipinski definition) is 6. The molecule has 1 aromatic carbocycles. The first-order valence-electron chi connectivity index (χ1n) is 10.5. The molecule has 0 fully saturated rings. The molecule has 0 unspecified atom stereocenters. The normalized spacial score (nSPS) is 13.6. The van der Waals surface area contributed by atoms with Crippen LogP contribution in [0.15, 0.2) is 24.3 Å². The number of carbonyl (C=O) groups excluding carboxylic acids is 1. The standard InChI is InChI=1S/C22H30N4O4S/c1-5-6-7-14-31(28,29)24-21(27)11-10-19-16(2)23-25(3)22(19)26-13-12-17-8-9-18(30-4)15-20(17)26/h8-11,15H,5-7,12-14H2,1-4H3,(H,24,27)/b11-10+. The molecular weight excluding hydrogens is 416 g/mol. The summed E-state index contributed by atoms with van der Waals surface area (Å²) in [5.41, 5.74) is 3.78. The summed E-state index contributed by atoms with van der Waals surface area (Å²) < 4.78 is 33.4. The zero-order valence-corrected chi connectivity index (χ0v) is 19.3. The number of carbonyl (C=O) groups is 1. The fourth-order valence-corrected chi connectivity index (χ4v) is 4.88. The average molecular weight is 447 g/mol. The highest BCUT2D eigenvalue weighted by atomic mass is 32.2. The molecule has 2 heterocycles. The van der Waals surface area contributed by atoms with E-state index < -0.39 is 15.9 Å². The van der Waals surface area contributed by atoms with Crippen LogP contribution in [0.2, 0.25) is 0 Å². The van der Waals surface area contributed by atoms with Gasteiger partial charge in [0.2, 0.25) is 10.0 Å². The molecule has 168 valence electrons. The molecular formula is C22H30N4O4S. The fourth-order valence-electron chi connectivity index (χ4n) is 3.82. The van der Waals surface area contributed by atoms with Crippen molar-refractivity contribution in [3.63, 3.8) is 0 Å². The van der Waals surface area contributed by atoms with Crippen LogP contribution >= 0.6 is 0 Å². The molecule has 1 aliphatic heterocycles. The molecule has 0 spiro atoms. The van der Waals surface area contributed by atoms with Crippen LogP contribution in [-0.4, -0.2) is 43.5 Å². The molecule has 0 atom stereocenters. The third kappa shape index (κ3) is 5.28. The van der Waals surface area contributed by atoms with Gasteiger partial charge in [-0.25, -0.2) is 13.1 Å². The van der Waals surface area contributed by atoms with Gasteiger partial charge in [0.1, 0.15) is 11.6 Å². The van der Waals surface area contributed by atoms with Crippen molar-refractivity contribution in [2.24, 2.45) is 7.05 Å². The summed E-state index contributed by atoms with van der Waals surface area (Å²) in [6, 6.07) is 6.00. The van der Waals surface area contributed by atoms with Crippen LogP contribution in [0.4, 0.5) is 11.5 Å². The second-order valence-corrected chi connectivity index (χ2v) is 9.51. The minimum atomic E-state index is -3.63. The lowest BCUT2D eigenvalue weighted by atomic mass is 10.1. The number of amides is 1. The van der Waals surface area contributed by atoms with Gasteiger partial charge < -0.3 is 9.64 Å². The summed E-state index contributed by atoms with van der Waals surface area (Å²) in [5.74, 6) is 0.909. The molecule has 0 saturated heterocycles. The number of unbranched alkanes of at least 4 members (excludes halogenated alkanes) is 2. The topological polar surface area (TPSA) is 93.5 Å². The van der Waals surface area contributed by atoms with Crippen molar-refractivity contribution < 1.29 is 17.9 Å². The SMILES string of the molecule is CCCCCS(=O)(=O)NC(=O)/C=C/c1c(C)nn(C)c1N1CCc2ccc(OC)cc21. The molecule has 0 aliphatic carbocycles. The summed E-state index contributed by atoms with van der Waals surface area (Å²) >= 11 is 0. The Hall–Kier alpha value is -2.81. The summed E-state index contributed by atoms with van der Waals surface area (Å²) in [6.45, 7) is 4.64. The number of anilines is 2. The largest absolute Gasteiger partial charge is 0.497 e. The molecule has 8 nitrogen and oxygen atoms in total. The van der Waals surface area contributed by atoms with Gasteiger partial charge in [0.25, 0.3) is 5.91 Å². The Labute approximate surface area is 183 Å². The number of sulfonamides is 1. The number of ether oxygens (including phenoxy) is 1. The van der Waals surface area contributed by atoms with Crippen LogP contribution in [-0.2, 0) is 28.3 Å². The van der Waals surface area contributed by atoms with Crippen LogP contribution < -0.4 is 14.4 Å². The number of hydrogen-bond donors (Lipinski definition) is 1. The predicted octanol–water partition coefficient (Wildman–Crippen LogP) is 3.08. The molecule has 31 heavy (non-hydrogen) atoms. The Bertz CT molecular complexity index is 1090. The van der Waals surface area contributed by atoms with Gasteiger partial charge >= 0.3 is 0 Å². The minimum Gasteiger partial charge on any atom is -0.497 e. The van der Waals surface area contributed by atoms with E-state index in [2.05, 4.69) is 20.8 Å². The molecule has 0 bridgehead atoms. The number of methoxy groups -OCH3 is 1. The average Bonchev–Trinajstić information content (AvgIpc) is 3.24. The third-order valence-corrected chi connectivity index (χ3v) is 6.69. The van der Waals surface area contributed by atoms with Crippen molar-refractivity contribution in [1.29, 1.82) is 0 Å². The van der Waals surface area contributed by atoms with Crippen molar-refractivity contribution in [3.05, 3.63) is 41.1 Å². The van der Waals surface area contributed by atoms with Crippen LogP contribution in [0.25, 0.3) is 6.08 Å². The number of rotatable bonds is 9. The summed E-state index contributed by atoms with van der Waals surface area (Å²) in [4.78, 5) is 14.4. The van der Waals surface area contributed by atoms with Crippen molar-refractivity contribution in [1.82, 2.24) is 14.5 Å². The monoisotopic (exact) mass is 446 g/mol. The number of aromatic nitrogens is 2. The van der Waals surface area contributed by atoms with E-state index in [4.69, 9.17) is 4.74 Å². The van der Waals surface area contributed by atoms with Crippen molar-refractivity contribution >= 4 is 33.5 Å². The Morgan fingerprint density at radius 3 is 2.81 bits per heavy atom. The second-order valence-electron chi connectivity index (χ2n) is 7.67.